The van der Waals surface area contributed by atoms with Crippen LogP contribution in [0, 0.1) is 0 Å². The summed E-state index contributed by atoms with van der Waals surface area (Å²) >= 11 is 0. The van der Waals surface area contributed by atoms with Crippen LogP contribution in [0.2, 0.25) is 0 Å². The maximum absolute atomic E-state index is 11.0. The molecule has 17 heavy (non-hydrogen) atoms. The van der Waals surface area contributed by atoms with Crippen molar-refractivity contribution < 1.29 is 18.5 Å². The lowest BCUT2D eigenvalue weighted by Gasteiger charge is -1.88. The summed E-state index contributed by atoms with van der Waals surface area (Å²) in [5.74, 6) is -1.10. The Morgan fingerprint density at radius 1 is 1.35 bits per heavy atom. The van der Waals surface area contributed by atoms with E-state index in [0.29, 0.717) is 0 Å². The Morgan fingerprint density at radius 3 is 2.59 bits per heavy atom. The van der Waals surface area contributed by atoms with E-state index in [1.807, 2.05) is 13.8 Å². The Morgan fingerprint density at radius 2 is 2.06 bits per heavy atom. The number of esters is 1. The van der Waals surface area contributed by atoms with Crippen LogP contribution < -0.4 is 5.73 Å². The average molecular weight is 241 g/mol. The molecule has 0 aliphatic carbocycles. The number of nitrogens with two attached hydrogens (primary N) is 1. The summed E-state index contributed by atoms with van der Waals surface area (Å²) in [6.07, 6.45) is 0. The van der Waals surface area contributed by atoms with Gasteiger partial charge in [0.2, 0.25) is 0 Å². The van der Waals surface area contributed by atoms with Crippen molar-refractivity contribution in [1.82, 2.24) is 20.3 Å². The first kappa shape index (κ1) is 12.6. The number of carbonyl (C=O) groups is 1. The van der Waals surface area contributed by atoms with Gasteiger partial charge in [0.05, 0.1) is 7.11 Å². The molecule has 0 spiro atoms. The highest BCUT2D eigenvalue weighted by Gasteiger charge is 2.19. The number of methoxy groups -OCH3 is 1. The van der Waals surface area contributed by atoms with Gasteiger partial charge in [-0.1, -0.05) is 13.8 Å². The highest BCUT2D eigenvalue weighted by Crippen LogP contribution is 2.14. The predicted octanol–water partition coefficient (Wildman–Crippen LogP) is 0.515. The lowest BCUT2D eigenvalue weighted by molar-refractivity contribution is 0.0556. The molecule has 2 aromatic rings. The van der Waals surface area contributed by atoms with Crippen molar-refractivity contribution in [1.29, 1.82) is 0 Å². The largest absolute Gasteiger partial charge is 0.462 e. The second kappa shape index (κ2) is 5.58. The average Bonchev–Trinajstić information content (AvgIpc) is 2.99. The summed E-state index contributed by atoms with van der Waals surface area (Å²) in [7, 11) is 1.19. The van der Waals surface area contributed by atoms with Gasteiger partial charge in [-0.05, 0) is 5.16 Å². The fourth-order valence-corrected chi connectivity index (χ4v) is 0.805. The minimum Gasteiger partial charge on any atom is -0.462 e. The summed E-state index contributed by atoms with van der Waals surface area (Å²) in [4.78, 5) is 14.6. The molecule has 9 nitrogen and oxygen atoms in total. The summed E-state index contributed by atoms with van der Waals surface area (Å²) in [5, 5.41) is 10.4. The van der Waals surface area contributed by atoms with Crippen LogP contribution >= 0.6 is 0 Å². The summed E-state index contributed by atoms with van der Waals surface area (Å²) in [6, 6.07) is -0.136. The monoisotopic (exact) mass is 241 g/mol. The van der Waals surface area contributed by atoms with Gasteiger partial charge in [-0.15, -0.1) is 10.2 Å². The first-order valence-corrected chi connectivity index (χ1v) is 4.72. The molecule has 0 bridgehead atoms. The summed E-state index contributed by atoms with van der Waals surface area (Å²) < 4.78 is 13.8. The van der Waals surface area contributed by atoms with Crippen molar-refractivity contribution in [2.24, 2.45) is 0 Å². The Balaban J connectivity index is 0.000000686. The van der Waals surface area contributed by atoms with E-state index in [1.54, 1.807) is 0 Å². The highest BCUT2D eigenvalue weighted by atomic mass is 16.5. The minimum atomic E-state index is -0.745. The van der Waals surface area contributed by atoms with Gasteiger partial charge in [0.25, 0.3) is 11.7 Å². The van der Waals surface area contributed by atoms with Crippen LogP contribution in [0.5, 0.6) is 0 Å². The Labute approximate surface area is 96.0 Å². The van der Waals surface area contributed by atoms with Crippen molar-refractivity contribution in [2.45, 2.75) is 13.8 Å². The molecular formula is C8H11N5O4. The normalized spacial score (nSPS) is 9.35. The predicted molar refractivity (Wildman–Crippen MR) is 54.7 cm³/mol. The van der Waals surface area contributed by atoms with Crippen LogP contribution in [0.1, 0.15) is 24.5 Å². The van der Waals surface area contributed by atoms with E-state index in [1.165, 1.54) is 7.11 Å². The number of rotatable bonds is 2. The molecule has 0 amide bonds. The molecule has 0 aromatic carbocycles. The van der Waals surface area contributed by atoms with E-state index in [-0.39, 0.29) is 23.6 Å². The van der Waals surface area contributed by atoms with Crippen LogP contribution in [-0.4, -0.2) is 33.4 Å². The quantitative estimate of drug-likeness (QED) is 0.747. The topological polar surface area (TPSA) is 130 Å². The molecule has 2 N–H and O–H groups in total. The Kier molecular flexibility index (Phi) is 4.14. The van der Waals surface area contributed by atoms with E-state index in [0.717, 1.165) is 0 Å². The third-order valence-electron chi connectivity index (χ3n) is 1.42. The highest BCUT2D eigenvalue weighted by molar-refractivity contribution is 5.84. The Bertz CT molecular complexity index is 492. The molecule has 2 aromatic heterocycles. The fraction of sp³-hybridized carbons (Fsp3) is 0.375. The number of nitrogens with zero attached hydrogens (tertiary/aromatic N) is 4. The molecule has 2 rings (SSSR count). The molecule has 2 heterocycles. The zero-order valence-electron chi connectivity index (χ0n) is 9.50. The summed E-state index contributed by atoms with van der Waals surface area (Å²) in [5.41, 5.74) is 5.19. The van der Waals surface area contributed by atoms with Gasteiger partial charge in [-0.3, -0.25) is 0 Å². The van der Waals surface area contributed by atoms with Gasteiger partial charge < -0.3 is 19.4 Å². The van der Waals surface area contributed by atoms with Gasteiger partial charge in [0.15, 0.2) is 0 Å². The molecule has 0 unspecified atom stereocenters. The van der Waals surface area contributed by atoms with E-state index < -0.39 is 5.97 Å². The van der Waals surface area contributed by atoms with E-state index in [4.69, 9.17) is 10.2 Å². The second-order valence-electron chi connectivity index (χ2n) is 2.36. The molecule has 0 atom stereocenters. The number of nitrogen functional groups attached to an aromatic ring is 1. The number of aromatic nitrogens is 4. The van der Waals surface area contributed by atoms with Crippen LogP contribution in [0.15, 0.2) is 8.94 Å². The zero-order chi connectivity index (χ0) is 12.8. The summed E-state index contributed by atoms with van der Waals surface area (Å²) in [6.45, 7) is 4.00. The van der Waals surface area contributed by atoms with Crippen molar-refractivity contribution in [2.75, 3.05) is 12.8 Å². The number of carbonyl (C=O) groups excluding carboxylic acids is 1. The number of anilines is 1. The third-order valence-corrected chi connectivity index (χ3v) is 1.42. The van der Waals surface area contributed by atoms with Crippen LogP contribution in [0.3, 0.4) is 0 Å². The van der Waals surface area contributed by atoms with E-state index >= 15 is 0 Å². The number of hydrogen-bond acceptors (Lipinski definition) is 9. The smallest absolute Gasteiger partial charge is 0.396 e. The third kappa shape index (κ3) is 2.77. The first-order valence-electron chi connectivity index (χ1n) is 4.72. The maximum Gasteiger partial charge on any atom is 0.396 e. The van der Waals surface area contributed by atoms with Gasteiger partial charge in [-0.25, -0.2) is 4.79 Å². The molecule has 0 fully saturated rings. The lowest BCUT2D eigenvalue weighted by Crippen LogP contribution is -2.00. The van der Waals surface area contributed by atoms with Crippen LogP contribution in [0.4, 0.5) is 6.01 Å². The Hall–Kier alpha value is -2.45. The van der Waals surface area contributed by atoms with Crippen molar-refractivity contribution in [3.8, 4) is 11.7 Å². The fourth-order valence-electron chi connectivity index (χ4n) is 0.805. The number of hydrogen-bond donors (Lipinski definition) is 1. The molecule has 9 heteroatoms. The van der Waals surface area contributed by atoms with Crippen molar-refractivity contribution >= 4 is 12.0 Å². The van der Waals surface area contributed by atoms with E-state index in [2.05, 4.69) is 29.6 Å². The van der Waals surface area contributed by atoms with Gasteiger partial charge >= 0.3 is 17.9 Å². The van der Waals surface area contributed by atoms with Crippen LogP contribution in [0.25, 0.3) is 11.7 Å². The molecule has 0 saturated carbocycles. The second-order valence-corrected chi connectivity index (χ2v) is 2.36. The molecule has 0 aliphatic heterocycles. The number of ether oxygens (including phenoxy) is 1. The standard InChI is InChI=1S/C6H5N5O4.C2H6/c1-13-5(12)4-10-9-3(14-4)2-8-6(7)15-11-2;1-2/h1H3,(H2,7,8,11);1-2H3. The first-order chi connectivity index (χ1) is 8.20. The maximum atomic E-state index is 11.0. The van der Waals surface area contributed by atoms with Crippen molar-refractivity contribution in [3.05, 3.63) is 5.89 Å². The van der Waals surface area contributed by atoms with Gasteiger partial charge in [0, 0.05) is 0 Å². The molecule has 0 saturated heterocycles. The van der Waals surface area contributed by atoms with Gasteiger partial charge in [0.1, 0.15) is 0 Å². The SMILES string of the molecule is CC.COC(=O)c1nnc(-c2noc(N)n2)o1. The molecule has 92 valence electrons. The van der Waals surface area contributed by atoms with Crippen LogP contribution in [-0.2, 0) is 4.74 Å². The van der Waals surface area contributed by atoms with Crippen molar-refractivity contribution in [3.63, 3.8) is 0 Å². The lowest BCUT2D eigenvalue weighted by atomic mass is 10.6. The zero-order valence-corrected chi connectivity index (χ0v) is 9.50. The molecule has 0 radical (unpaired) electrons. The van der Waals surface area contributed by atoms with E-state index in [9.17, 15) is 4.79 Å². The molecule has 0 aliphatic rings. The van der Waals surface area contributed by atoms with Gasteiger partial charge in [-0.2, -0.15) is 4.98 Å². The minimum absolute atomic E-state index is 0.00940. The molecular weight excluding hydrogens is 230 g/mol.